The van der Waals surface area contributed by atoms with E-state index in [1.165, 1.54) is 6.33 Å². The van der Waals surface area contributed by atoms with E-state index < -0.39 is 11.9 Å². The van der Waals surface area contributed by atoms with Crippen LogP contribution in [0.5, 0.6) is 0 Å². The zero-order chi connectivity index (χ0) is 17.3. The van der Waals surface area contributed by atoms with Crippen molar-refractivity contribution < 1.29 is 13.2 Å². The van der Waals surface area contributed by atoms with E-state index in [0.29, 0.717) is 16.9 Å². The Balaban J connectivity index is 2.15. The van der Waals surface area contributed by atoms with Crippen molar-refractivity contribution in [1.82, 2.24) is 25.0 Å². The lowest BCUT2D eigenvalue weighted by Crippen LogP contribution is -2.05. The van der Waals surface area contributed by atoms with Gasteiger partial charge in [0, 0.05) is 11.8 Å². The average molecular weight is 333 g/mol. The Bertz CT molecular complexity index is 840. The van der Waals surface area contributed by atoms with Crippen molar-refractivity contribution in [3.05, 3.63) is 54.2 Å². The highest BCUT2D eigenvalue weighted by molar-refractivity contribution is 5.70. The minimum Gasteiger partial charge on any atom is -0.245 e. The Morgan fingerprint density at radius 3 is 2.50 bits per heavy atom. The summed E-state index contributed by atoms with van der Waals surface area (Å²) < 4.78 is 39.4. The van der Waals surface area contributed by atoms with Crippen molar-refractivity contribution in [2.75, 3.05) is 0 Å². The van der Waals surface area contributed by atoms with Gasteiger partial charge in [-0.05, 0) is 29.7 Å². The van der Waals surface area contributed by atoms with Crippen LogP contribution in [0.25, 0.3) is 16.9 Å². The van der Waals surface area contributed by atoms with Gasteiger partial charge in [-0.2, -0.15) is 13.2 Å². The predicted octanol–water partition coefficient (Wildman–Crippen LogP) is 3.87. The predicted molar refractivity (Wildman–Crippen MR) is 81.5 cm³/mol. The quantitative estimate of drug-likeness (QED) is 0.730. The largest absolute Gasteiger partial charge is 0.436 e. The van der Waals surface area contributed by atoms with Crippen LogP contribution in [0.4, 0.5) is 13.2 Å². The molecule has 2 aromatic heterocycles. The second-order valence-electron chi connectivity index (χ2n) is 5.57. The van der Waals surface area contributed by atoms with Gasteiger partial charge in [-0.25, -0.2) is 14.6 Å². The van der Waals surface area contributed by atoms with Gasteiger partial charge < -0.3 is 0 Å². The van der Waals surface area contributed by atoms with Crippen molar-refractivity contribution in [3.63, 3.8) is 0 Å². The van der Waals surface area contributed by atoms with Gasteiger partial charge in [0.05, 0.1) is 17.6 Å². The summed E-state index contributed by atoms with van der Waals surface area (Å²) in [6.07, 6.45) is -0.694. The highest BCUT2D eigenvalue weighted by atomic mass is 19.4. The van der Waals surface area contributed by atoms with Crippen molar-refractivity contribution in [2.24, 2.45) is 0 Å². The van der Waals surface area contributed by atoms with Gasteiger partial charge in [0.25, 0.3) is 0 Å². The number of hydrogen-bond donors (Lipinski definition) is 0. The second kappa shape index (κ2) is 6.03. The maximum atomic E-state index is 12.8. The summed E-state index contributed by atoms with van der Waals surface area (Å²) in [5, 5.41) is 6.83. The van der Waals surface area contributed by atoms with Crippen LogP contribution in [-0.2, 0) is 6.18 Å². The lowest BCUT2D eigenvalue weighted by Gasteiger charge is -2.13. The molecule has 0 amide bonds. The van der Waals surface area contributed by atoms with Crippen molar-refractivity contribution in [3.8, 4) is 16.9 Å². The van der Waals surface area contributed by atoms with Gasteiger partial charge in [-0.15, -0.1) is 5.10 Å². The highest BCUT2D eigenvalue weighted by Crippen LogP contribution is 2.31. The fourth-order valence-electron chi connectivity index (χ4n) is 2.28. The Morgan fingerprint density at radius 1 is 1.12 bits per heavy atom. The number of benzene rings is 1. The van der Waals surface area contributed by atoms with E-state index >= 15 is 0 Å². The van der Waals surface area contributed by atoms with Crippen LogP contribution in [0.3, 0.4) is 0 Å². The second-order valence-corrected chi connectivity index (χ2v) is 5.57. The van der Waals surface area contributed by atoms with Gasteiger partial charge in [-0.3, -0.25) is 0 Å². The Morgan fingerprint density at radius 2 is 1.92 bits per heavy atom. The van der Waals surface area contributed by atoms with E-state index in [1.54, 1.807) is 18.3 Å². The molecule has 2 heterocycles. The number of alkyl halides is 3. The minimum absolute atomic E-state index is 0.265. The molecule has 3 aromatic rings. The first-order valence-electron chi connectivity index (χ1n) is 7.26. The van der Waals surface area contributed by atoms with Crippen molar-refractivity contribution >= 4 is 0 Å². The van der Waals surface area contributed by atoms with Crippen LogP contribution >= 0.6 is 0 Å². The number of halogens is 3. The molecule has 0 fully saturated rings. The molecule has 0 atom stereocenters. The Labute approximate surface area is 136 Å². The number of nitrogens with zero attached hydrogens (tertiary/aromatic N) is 5. The van der Waals surface area contributed by atoms with Gasteiger partial charge in [-0.1, -0.05) is 25.1 Å². The van der Waals surface area contributed by atoms with Gasteiger partial charge in [0.2, 0.25) is 0 Å². The fraction of sp³-hybridized carbons (Fsp3) is 0.250. The van der Waals surface area contributed by atoms with Crippen LogP contribution in [-0.4, -0.2) is 25.0 Å². The summed E-state index contributed by atoms with van der Waals surface area (Å²) in [4.78, 5) is 8.07. The van der Waals surface area contributed by atoms with Gasteiger partial charge >= 0.3 is 6.18 Å². The molecule has 24 heavy (non-hydrogen) atoms. The molecule has 3 rings (SSSR count). The standard InChI is InChI=1S/C16H14F3N5/c1-10(2)11-3-4-14(12(7-11)13-5-6-20-9-21-13)24-8-15(22-23-24)16(17,18)19/h3-10H,1-2H3. The molecule has 0 bridgehead atoms. The van der Waals surface area contributed by atoms with E-state index in [-0.39, 0.29) is 5.92 Å². The molecule has 0 unspecified atom stereocenters. The molecule has 5 nitrogen and oxygen atoms in total. The first kappa shape index (κ1) is 16.1. The maximum absolute atomic E-state index is 12.8. The summed E-state index contributed by atoms with van der Waals surface area (Å²) in [5.74, 6) is 0.265. The lowest BCUT2D eigenvalue weighted by molar-refractivity contribution is -0.141. The molecule has 0 spiro atoms. The maximum Gasteiger partial charge on any atom is 0.436 e. The van der Waals surface area contributed by atoms with E-state index in [9.17, 15) is 13.2 Å². The van der Waals surface area contributed by atoms with Crippen LogP contribution < -0.4 is 0 Å². The van der Waals surface area contributed by atoms with Gasteiger partial charge in [0.15, 0.2) is 5.69 Å². The minimum atomic E-state index is -4.54. The van der Waals surface area contributed by atoms with E-state index in [2.05, 4.69) is 20.3 Å². The molecule has 8 heteroatoms. The van der Waals surface area contributed by atoms with Crippen LogP contribution in [0.2, 0.25) is 0 Å². The topological polar surface area (TPSA) is 56.5 Å². The van der Waals surface area contributed by atoms with E-state index in [4.69, 9.17) is 0 Å². The molecule has 0 saturated heterocycles. The molecule has 0 aliphatic rings. The number of hydrogen-bond acceptors (Lipinski definition) is 4. The molecular weight excluding hydrogens is 319 g/mol. The molecule has 0 saturated carbocycles. The molecule has 124 valence electrons. The molecule has 0 radical (unpaired) electrons. The van der Waals surface area contributed by atoms with Crippen molar-refractivity contribution in [1.29, 1.82) is 0 Å². The molecule has 0 aliphatic heterocycles. The number of rotatable bonds is 3. The Hall–Kier alpha value is -2.77. The molecule has 0 aliphatic carbocycles. The summed E-state index contributed by atoms with van der Waals surface area (Å²) in [7, 11) is 0. The summed E-state index contributed by atoms with van der Waals surface area (Å²) in [5.41, 5.74) is 1.75. The average Bonchev–Trinajstić information content (AvgIpc) is 3.05. The first-order valence-corrected chi connectivity index (χ1v) is 7.26. The molecular formula is C16H14F3N5. The van der Waals surface area contributed by atoms with E-state index in [1.807, 2.05) is 26.0 Å². The first-order chi connectivity index (χ1) is 11.4. The normalized spacial score (nSPS) is 11.9. The zero-order valence-electron chi connectivity index (χ0n) is 13.0. The third-order valence-corrected chi connectivity index (χ3v) is 3.58. The summed E-state index contributed by atoms with van der Waals surface area (Å²) >= 11 is 0. The van der Waals surface area contributed by atoms with Crippen molar-refractivity contribution in [2.45, 2.75) is 25.9 Å². The van der Waals surface area contributed by atoms with E-state index in [0.717, 1.165) is 16.4 Å². The third kappa shape index (κ3) is 3.12. The van der Waals surface area contributed by atoms with Crippen LogP contribution in [0.15, 0.2) is 43.0 Å². The summed E-state index contributed by atoms with van der Waals surface area (Å²) in [6.45, 7) is 4.08. The van der Waals surface area contributed by atoms with Crippen LogP contribution in [0, 0.1) is 0 Å². The summed E-state index contributed by atoms with van der Waals surface area (Å²) in [6, 6.07) is 7.18. The molecule has 0 N–H and O–H groups in total. The smallest absolute Gasteiger partial charge is 0.245 e. The monoisotopic (exact) mass is 333 g/mol. The molecule has 1 aromatic carbocycles. The Kier molecular flexibility index (Phi) is 4.04. The highest BCUT2D eigenvalue weighted by Gasteiger charge is 2.34. The SMILES string of the molecule is CC(C)c1ccc(-n2cc(C(F)(F)F)nn2)c(-c2ccncn2)c1. The third-order valence-electron chi connectivity index (χ3n) is 3.58. The lowest BCUT2D eigenvalue weighted by atomic mass is 9.98. The fourth-order valence-corrected chi connectivity index (χ4v) is 2.28. The zero-order valence-corrected chi connectivity index (χ0v) is 13.0. The number of aromatic nitrogens is 5. The van der Waals surface area contributed by atoms with Crippen LogP contribution in [0.1, 0.15) is 31.0 Å². The van der Waals surface area contributed by atoms with Gasteiger partial charge in [0.1, 0.15) is 6.33 Å².